The lowest BCUT2D eigenvalue weighted by molar-refractivity contribution is -0.153. The average Bonchev–Trinajstić information content (AvgIpc) is 3.03. The number of nitrogens with zero attached hydrogens (tertiary/aromatic N) is 1. The summed E-state index contributed by atoms with van der Waals surface area (Å²) >= 11 is 0. The van der Waals surface area contributed by atoms with Crippen LogP contribution in [0, 0.1) is 11.8 Å². The number of carbonyl (C=O) groups is 6. The smallest absolute Gasteiger partial charge is 0.321 e. The number of aliphatic hydroxyl groups excluding tert-OH is 2. The molecule has 2 aliphatic rings. The van der Waals surface area contributed by atoms with E-state index in [-0.39, 0.29) is 26.0 Å². The second-order valence-electron chi connectivity index (χ2n) is 11.8. The van der Waals surface area contributed by atoms with Gasteiger partial charge in [-0.2, -0.15) is 0 Å². The van der Waals surface area contributed by atoms with E-state index in [2.05, 4.69) is 32.0 Å². The fraction of sp³-hybridized carbons (Fsp3) is 0.600. The summed E-state index contributed by atoms with van der Waals surface area (Å²) in [6.45, 7) is 4.71. The third-order valence-corrected chi connectivity index (χ3v) is 7.97. The maximum Gasteiger partial charge on any atom is 0.321 e. The van der Waals surface area contributed by atoms with Gasteiger partial charge in [-0.15, -0.1) is 0 Å². The van der Waals surface area contributed by atoms with E-state index in [0.717, 1.165) is 10.6 Å². The van der Waals surface area contributed by atoms with Crippen molar-refractivity contribution in [3.63, 3.8) is 0 Å². The molecule has 0 bridgehead atoms. The Balaban J connectivity index is 1.81. The largest absolute Gasteiger partial charge is 0.390 e. The van der Waals surface area contributed by atoms with Crippen molar-refractivity contribution < 1.29 is 43.7 Å². The molecule has 254 valence electrons. The highest BCUT2D eigenvalue weighted by molar-refractivity contribution is 6.01. The van der Waals surface area contributed by atoms with Gasteiger partial charge in [-0.25, -0.2) is 10.2 Å². The first-order chi connectivity index (χ1) is 21.8. The van der Waals surface area contributed by atoms with Gasteiger partial charge in [0.1, 0.15) is 24.7 Å². The van der Waals surface area contributed by atoms with Crippen molar-refractivity contribution in [3.05, 3.63) is 35.9 Å². The van der Waals surface area contributed by atoms with Crippen LogP contribution in [0.1, 0.15) is 39.2 Å². The lowest BCUT2D eigenvalue weighted by Crippen LogP contribution is -2.66. The summed E-state index contributed by atoms with van der Waals surface area (Å²) in [4.78, 5) is 76.5. The van der Waals surface area contributed by atoms with E-state index in [4.69, 9.17) is 4.74 Å². The van der Waals surface area contributed by atoms with Crippen molar-refractivity contribution in [2.75, 3.05) is 26.8 Å². The predicted molar refractivity (Wildman–Crippen MR) is 163 cm³/mol. The number of nitrogens with one attached hydrogen (secondary N) is 6. The molecule has 16 nitrogen and oxygen atoms in total. The zero-order chi connectivity index (χ0) is 34.0. The Hall–Kier alpha value is -4.12. The van der Waals surface area contributed by atoms with Crippen LogP contribution in [0.25, 0.3) is 0 Å². The van der Waals surface area contributed by atoms with Crippen LogP contribution < -0.4 is 32.0 Å². The molecular weight excluding hydrogens is 602 g/mol. The molecule has 0 saturated carbocycles. The van der Waals surface area contributed by atoms with Gasteiger partial charge in [0.2, 0.25) is 17.7 Å². The average molecular weight is 648 g/mol. The number of carbonyl (C=O) groups excluding carboxylic acids is 6. The molecule has 0 spiro atoms. The first kappa shape index (κ1) is 36.3. The standard InChI is InChI=1S/C30H45N7O9/c1-16(2)24(39)23(35-22(38)15-46-4)29(44)37-21(11-8-12-32-37)28(43)33-19(13-18-9-6-5-7-10-18)25(40)17(3)26(41)34-20-14-31-30(45)36-27(20)42/h5-7,9-10,16-17,19-21,23-25,32,39-40H,8,11-15H2,1-4H3,(H,33,43)(H,34,41)(H,35,38)(H2,31,36,42,45)/t17-,19-,20?,21-,23+,24+,25-/m0/s1. The third-order valence-electron chi connectivity index (χ3n) is 7.97. The van der Waals surface area contributed by atoms with E-state index in [1.54, 1.807) is 38.1 Å². The van der Waals surface area contributed by atoms with Crippen LogP contribution in [0.2, 0.25) is 0 Å². The Morgan fingerprint density at radius 3 is 2.37 bits per heavy atom. The minimum absolute atomic E-state index is 0.125. The Kier molecular flexibility index (Phi) is 13.4. The second-order valence-corrected chi connectivity index (χ2v) is 11.8. The third kappa shape index (κ3) is 9.69. The zero-order valence-corrected chi connectivity index (χ0v) is 26.4. The number of imide groups is 1. The van der Waals surface area contributed by atoms with Crippen molar-refractivity contribution in [1.82, 2.24) is 37.0 Å². The molecule has 7 amide bonds. The maximum atomic E-state index is 13.8. The number of benzene rings is 1. The maximum absolute atomic E-state index is 13.8. The van der Waals surface area contributed by atoms with Gasteiger partial charge < -0.3 is 36.2 Å². The molecule has 2 saturated heterocycles. The van der Waals surface area contributed by atoms with E-state index >= 15 is 0 Å². The molecule has 46 heavy (non-hydrogen) atoms. The lowest BCUT2D eigenvalue weighted by Gasteiger charge is -2.39. The summed E-state index contributed by atoms with van der Waals surface area (Å²) in [5.41, 5.74) is 3.66. The number of hydrogen-bond acceptors (Lipinski definition) is 10. The molecule has 0 aliphatic carbocycles. The molecule has 1 unspecified atom stereocenters. The van der Waals surface area contributed by atoms with Crippen molar-refractivity contribution in [3.8, 4) is 0 Å². The van der Waals surface area contributed by atoms with Crippen LogP contribution in [0.3, 0.4) is 0 Å². The van der Waals surface area contributed by atoms with Crippen molar-refractivity contribution >= 4 is 35.6 Å². The molecule has 3 rings (SSSR count). The molecule has 2 aliphatic heterocycles. The Morgan fingerprint density at radius 1 is 1.04 bits per heavy atom. The van der Waals surface area contributed by atoms with E-state index < -0.39 is 83.8 Å². The first-order valence-electron chi connectivity index (χ1n) is 15.3. The number of hydrazine groups is 1. The molecule has 2 heterocycles. The fourth-order valence-corrected chi connectivity index (χ4v) is 5.25. The molecule has 0 aromatic heterocycles. The van der Waals surface area contributed by atoms with Crippen LogP contribution >= 0.6 is 0 Å². The highest BCUT2D eigenvalue weighted by atomic mass is 16.5. The molecule has 16 heteroatoms. The van der Waals surface area contributed by atoms with E-state index in [1.807, 2.05) is 6.07 Å². The summed E-state index contributed by atoms with van der Waals surface area (Å²) in [7, 11) is 1.32. The summed E-state index contributed by atoms with van der Waals surface area (Å²) in [6.07, 6.45) is -1.81. The molecule has 1 aromatic rings. The van der Waals surface area contributed by atoms with Crippen LogP contribution in [0.15, 0.2) is 30.3 Å². The summed E-state index contributed by atoms with van der Waals surface area (Å²) in [6, 6.07) is 3.79. The number of hydrogen-bond donors (Lipinski definition) is 8. The highest BCUT2D eigenvalue weighted by Crippen LogP contribution is 2.19. The van der Waals surface area contributed by atoms with Gasteiger partial charge in [0.25, 0.3) is 11.8 Å². The number of methoxy groups -OCH3 is 1. The molecular formula is C30H45N7O9. The summed E-state index contributed by atoms with van der Waals surface area (Å²) < 4.78 is 4.85. The highest BCUT2D eigenvalue weighted by Gasteiger charge is 2.42. The van der Waals surface area contributed by atoms with Gasteiger partial charge in [-0.3, -0.25) is 34.3 Å². The number of aliphatic hydroxyl groups is 2. The number of amides is 7. The normalized spacial score (nSPS) is 21.6. The van der Waals surface area contributed by atoms with Crippen LogP contribution in [-0.4, -0.2) is 114 Å². The summed E-state index contributed by atoms with van der Waals surface area (Å²) in [5.74, 6) is -4.86. The number of urea groups is 1. The second kappa shape index (κ2) is 17.0. The van der Waals surface area contributed by atoms with E-state index in [0.29, 0.717) is 13.0 Å². The Labute approximate surface area is 267 Å². The first-order valence-corrected chi connectivity index (χ1v) is 15.3. The Bertz CT molecular complexity index is 1250. The molecule has 0 radical (unpaired) electrons. The zero-order valence-electron chi connectivity index (χ0n) is 26.4. The SMILES string of the molecule is COCC(=O)N[C@@H](C(=O)N1NCCC[C@H]1C(=O)N[C@@H](Cc1ccccc1)[C@@H](O)[C@H](C)C(=O)NC1CNC(=O)NC1=O)[C@H](O)C(C)C. The number of ether oxygens (including phenoxy) is 1. The minimum atomic E-state index is -1.44. The van der Waals surface area contributed by atoms with Gasteiger partial charge in [0, 0.05) is 20.2 Å². The monoisotopic (exact) mass is 647 g/mol. The fourth-order valence-electron chi connectivity index (χ4n) is 5.25. The van der Waals surface area contributed by atoms with E-state index in [9.17, 15) is 39.0 Å². The lowest BCUT2D eigenvalue weighted by atomic mass is 9.91. The van der Waals surface area contributed by atoms with Crippen LogP contribution in [0.5, 0.6) is 0 Å². The molecule has 7 atom stereocenters. The molecule has 2 fully saturated rings. The molecule has 1 aromatic carbocycles. The van der Waals surface area contributed by atoms with Gasteiger partial charge in [0.15, 0.2) is 0 Å². The van der Waals surface area contributed by atoms with Gasteiger partial charge >= 0.3 is 6.03 Å². The van der Waals surface area contributed by atoms with Crippen LogP contribution in [0.4, 0.5) is 4.79 Å². The van der Waals surface area contributed by atoms with Crippen molar-refractivity contribution in [2.24, 2.45) is 11.8 Å². The molecule has 8 N–H and O–H groups in total. The quantitative estimate of drug-likeness (QED) is 0.108. The number of rotatable bonds is 14. The minimum Gasteiger partial charge on any atom is -0.390 e. The topological polar surface area (TPSA) is 228 Å². The van der Waals surface area contributed by atoms with Crippen molar-refractivity contribution in [1.29, 1.82) is 0 Å². The Morgan fingerprint density at radius 2 is 1.74 bits per heavy atom. The van der Waals surface area contributed by atoms with Gasteiger partial charge in [-0.1, -0.05) is 51.1 Å². The van der Waals surface area contributed by atoms with Crippen molar-refractivity contribution in [2.45, 2.75) is 76.4 Å². The predicted octanol–water partition coefficient (Wildman–Crippen LogP) is -2.32. The summed E-state index contributed by atoms with van der Waals surface area (Å²) in [5, 5.41) is 35.6. The van der Waals surface area contributed by atoms with Gasteiger partial charge in [0.05, 0.1) is 24.2 Å². The van der Waals surface area contributed by atoms with Gasteiger partial charge in [-0.05, 0) is 30.7 Å². The van der Waals surface area contributed by atoms with Crippen LogP contribution in [-0.2, 0) is 35.1 Å². The van der Waals surface area contributed by atoms with E-state index in [1.165, 1.54) is 14.0 Å².